The van der Waals surface area contributed by atoms with Crippen LogP contribution in [-0.4, -0.2) is 61.0 Å². The van der Waals surface area contributed by atoms with Crippen LogP contribution in [-0.2, 0) is 23.7 Å². The Morgan fingerprint density at radius 2 is 0.700 bits per heavy atom. The summed E-state index contributed by atoms with van der Waals surface area (Å²) in [5.41, 5.74) is 0. The summed E-state index contributed by atoms with van der Waals surface area (Å²) >= 11 is 0. The van der Waals surface area contributed by atoms with Crippen molar-refractivity contribution in [2.75, 3.05) is 0 Å². The summed E-state index contributed by atoms with van der Waals surface area (Å²) in [5, 5.41) is 0. The summed E-state index contributed by atoms with van der Waals surface area (Å²) in [6.45, 7) is 0. The highest BCUT2D eigenvalue weighted by atomic mass is 16.6. The largest absolute Gasteiger partial charge is 0.370 e. The molecule has 0 aromatic heterocycles. The van der Waals surface area contributed by atoms with Gasteiger partial charge in [0.1, 0.15) is 0 Å². The predicted molar refractivity (Wildman–Crippen MR) is 150 cm³/mol. The lowest BCUT2D eigenvalue weighted by atomic mass is 9.55. The van der Waals surface area contributed by atoms with Crippen LogP contribution in [0.25, 0.3) is 0 Å². The van der Waals surface area contributed by atoms with Crippen LogP contribution in [0.5, 0.6) is 0 Å². The second-order valence-corrected chi connectivity index (χ2v) is 16.5. The Kier molecular flexibility index (Phi) is 6.07. The topological polar surface area (TPSA) is 62.6 Å². The van der Waals surface area contributed by atoms with Crippen molar-refractivity contribution in [1.82, 2.24) is 0 Å². The van der Waals surface area contributed by atoms with Gasteiger partial charge in [-0.2, -0.15) is 0 Å². The monoisotopic (exact) mass is 552 g/mol. The van der Waals surface area contributed by atoms with E-state index in [2.05, 4.69) is 0 Å². The highest BCUT2D eigenvalue weighted by Crippen LogP contribution is 2.58. The molecule has 5 aliphatic heterocycles. The van der Waals surface area contributed by atoms with E-state index < -0.39 is 0 Å². The first-order valence-corrected chi connectivity index (χ1v) is 18.0. The maximum atomic E-state index is 6.22. The minimum absolute atomic E-state index is 0.582. The van der Waals surface area contributed by atoms with E-state index in [4.69, 9.17) is 23.7 Å². The van der Waals surface area contributed by atoms with Crippen LogP contribution in [0.3, 0.4) is 0 Å². The molecular formula is C35H52O5. The average Bonchev–Trinajstić information content (AvgIpc) is 3.76. The summed E-state index contributed by atoms with van der Waals surface area (Å²) in [7, 11) is 0. The van der Waals surface area contributed by atoms with Gasteiger partial charge >= 0.3 is 0 Å². The van der Waals surface area contributed by atoms with Crippen LogP contribution in [0.15, 0.2) is 0 Å². The molecule has 5 aliphatic carbocycles. The van der Waals surface area contributed by atoms with Crippen molar-refractivity contribution in [3.63, 3.8) is 0 Å². The Bertz CT molecular complexity index is 909. The smallest absolute Gasteiger partial charge is 0.0844 e. The Morgan fingerprint density at radius 1 is 0.350 bits per heavy atom. The van der Waals surface area contributed by atoms with Crippen molar-refractivity contribution in [2.24, 2.45) is 47.3 Å². The van der Waals surface area contributed by atoms with Gasteiger partial charge in [-0.3, -0.25) is 0 Å². The number of epoxide rings is 5. The molecule has 222 valence electrons. The Morgan fingerprint density at radius 3 is 1.10 bits per heavy atom. The van der Waals surface area contributed by atoms with Crippen LogP contribution in [0, 0.1) is 47.3 Å². The van der Waals surface area contributed by atoms with Crippen molar-refractivity contribution in [1.29, 1.82) is 0 Å². The van der Waals surface area contributed by atoms with E-state index in [0.717, 1.165) is 47.3 Å². The van der Waals surface area contributed by atoms with Crippen LogP contribution >= 0.6 is 0 Å². The lowest BCUT2D eigenvalue weighted by Gasteiger charge is -2.49. The van der Waals surface area contributed by atoms with Crippen molar-refractivity contribution in [3.8, 4) is 0 Å². The fourth-order valence-electron chi connectivity index (χ4n) is 11.9. The maximum Gasteiger partial charge on any atom is 0.0844 e. The molecular weight excluding hydrogens is 500 g/mol. The summed E-state index contributed by atoms with van der Waals surface area (Å²) < 4.78 is 30.7. The van der Waals surface area contributed by atoms with E-state index in [0.29, 0.717) is 61.0 Å². The summed E-state index contributed by atoms with van der Waals surface area (Å²) in [4.78, 5) is 0. The third kappa shape index (κ3) is 4.84. The third-order valence-corrected chi connectivity index (χ3v) is 14.3. The van der Waals surface area contributed by atoms with Gasteiger partial charge in [0, 0.05) is 0 Å². The fourth-order valence-corrected chi connectivity index (χ4v) is 11.9. The van der Waals surface area contributed by atoms with Crippen LogP contribution in [0.2, 0.25) is 0 Å². The highest BCUT2D eigenvalue weighted by molar-refractivity contribution is 5.05. The number of hydrogen-bond acceptors (Lipinski definition) is 5. The molecule has 0 radical (unpaired) electrons. The molecule has 17 atom stereocenters. The van der Waals surface area contributed by atoms with E-state index in [1.807, 2.05) is 0 Å². The normalized spacial score (nSPS) is 57.1. The van der Waals surface area contributed by atoms with Gasteiger partial charge in [-0.05, 0) is 156 Å². The van der Waals surface area contributed by atoms with E-state index in [-0.39, 0.29) is 0 Å². The molecule has 5 heterocycles. The van der Waals surface area contributed by atoms with Crippen LogP contribution in [0.1, 0.15) is 109 Å². The maximum absolute atomic E-state index is 6.22. The fraction of sp³-hybridized carbons (Fsp3) is 1.00. The quantitative estimate of drug-likeness (QED) is 0.308. The third-order valence-electron chi connectivity index (χ3n) is 14.3. The van der Waals surface area contributed by atoms with Gasteiger partial charge in [0.05, 0.1) is 61.0 Å². The minimum Gasteiger partial charge on any atom is -0.370 e. The molecule has 0 spiro atoms. The molecule has 5 heteroatoms. The molecule has 0 N–H and O–H groups in total. The van der Waals surface area contributed by atoms with Crippen molar-refractivity contribution in [3.05, 3.63) is 0 Å². The predicted octanol–water partition coefficient (Wildman–Crippen LogP) is 6.45. The van der Waals surface area contributed by atoms with Gasteiger partial charge in [-0.25, -0.2) is 0 Å². The number of fused-ring (bicyclic) bond motifs is 5. The van der Waals surface area contributed by atoms with Gasteiger partial charge in [0.25, 0.3) is 0 Å². The lowest BCUT2D eigenvalue weighted by molar-refractivity contribution is 0.00337. The number of hydrogen-bond donors (Lipinski definition) is 0. The van der Waals surface area contributed by atoms with Gasteiger partial charge in [-0.1, -0.05) is 0 Å². The van der Waals surface area contributed by atoms with Crippen molar-refractivity contribution < 1.29 is 23.7 Å². The van der Waals surface area contributed by atoms with E-state index in [9.17, 15) is 0 Å². The molecule has 5 saturated heterocycles. The Labute approximate surface area is 241 Å². The van der Waals surface area contributed by atoms with E-state index >= 15 is 0 Å². The van der Waals surface area contributed by atoms with Crippen molar-refractivity contribution in [2.45, 2.75) is 170 Å². The highest BCUT2D eigenvalue weighted by Gasteiger charge is 2.56. The average molecular weight is 553 g/mol. The van der Waals surface area contributed by atoms with Crippen molar-refractivity contribution >= 4 is 0 Å². The molecule has 10 aliphatic rings. The summed E-state index contributed by atoms with van der Waals surface area (Å²) in [6, 6.07) is 0. The summed E-state index contributed by atoms with van der Waals surface area (Å²) in [5.74, 6) is 6.93. The van der Waals surface area contributed by atoms with E-state index in [1.54, 1.807) is 0 Å². The molecule has 10 fully saturated rings. The number of rotatable bonds is 9. The SMILES string of the molecule is C1CC2OC2CC1CC(C1CCC2OC2C1)C(C1CCC2OC2C1)C(CC1CCC2OC2C1)C1CCC2OC2C1. The molecule has 0 aromatic carbocycles. The molecule has 10 rings (SSSR count). The standard InChI is InChI=1S/C35H52O5/c1-6-25-30(36-25)13-18(1)11-23(20-3-8-27-32(15-20)38-27)35(22-5-10-29-34(17-22)40-29)24(21-4-9-28-33(16-21)39-28)12-19-2-7-26-31(14-19)37-26/h18-35H,1-17H2. The summed E-state index contributed by atoms with van der Waals surface area (Å²) in [6.07, 6.45) is 29.3. The molecule has 5 nitrogen and oxygen atoms in total. The number of ether oxygens (including phenoxy) is 5. The zero-order chi connectivity index (χ0) is 25.9. The van der Waals surface area contributed by atoms with Gasteiger partial charge < -0.3 is 23.7 Å². The molecule has 17 unspecified atom stereocenters. The Hall–Kier alpha value is -0.200. The Balaban J connectivity index is 0.992. The lowest BCUT2D eigenvalue weighted by Crippen LogP contribution is -2.43. The second kappa shape index (κ2) is 9.65. The van der Waals surface area contributed by atoms with Crippen LogP contribution < -0.4 is 0 Å². The van der Waals surface area contributed by atoms with Gasteiger partial charge in [-0.15, -0.1) is 0 Å². The second-order valence-electron chi connectivity index (χ2n) is 16.5. The minimum atomic E-state index is 0.582. The first-order chi connectivity index (χ1) is 19.7. The van der Waals surface area contributed by atoms with E-state index in [1.165, 1.54) is 109 Å². The molecule has 0 bridgehead atoms. The molecule has 5 saturated carbocycles. The molecule has 0 aromatic rings. The zero-order valence-corrected chi connectivity index (χ0v) is 24.5. The first kappa shape index (κ1) is 25.2. The van der Waals surface area contributed by atoms with Gasteiger partial charge in [0.15, 0.2) is 0 Å². The van der Waals surface area contributed by atoms with Crippen LogP contribution in [0.4, 0.5) is 0 Å². The first-order valence-electron chi connectivity index (χ1n) is 18.0. The molecule has 40 heavy (non-hydrogen) atoms. The zero-order valence-electron chi connectivity index (χ0n) is 24.5. The van der Waals surface area contributed by atoms with Gasteiger partial charge in [0.2, 0.25) is 0 Å². The molecule has 0 amide bonds.